The van der Waals surface area contributed by atoms with E-state index in [0.29, 0.717) is 11.5 Å². The fraction of sp³-hybridized carbons (Fsp3) is 0.933. The Kier molecular flexibility index (Phi) is 5.18. The number of rotatable bonds is 8. The predicted octanol–water partition coefficient (Wildman–Crippen LogP) is 1.19. The van der Waals surface area contributed by atoms with Crippen LogP contribution in [0.3, 0.4) is 0 Å². The van der Waals surface area contributed by atoms with Gasteiger partial charge in [0.1, 0.15) is 6.61 Å². The summed E-state index contributed by atoms with van der Waals surface area (Å²) >= 11 is 0. The second-order valence-electron chi connectivity index (χ2n) is 6.82. The van der Waals surface area contributed by atoms with Crippen LogP contribution in [0.4, 0.5) is 0 Å². The molecule has 0 amide bonds. The van der Waals surface area contributed by atoms with E-state index < -0.39 is 0 Å². The van der Waals surface area contributed by atoms with E-state index in [-0.39, 0.29) is 18.3 Å². The number of hydrogen-bond donors (Lipinski definition) is 0. The zero-order valence-electron chi connectivity index (χ0n) is 13.2. The molecule has 0 aromatic carbocycles. The fourth-order valence-electron chi connectivity index (χ4n) is 2.79. The van der Waals surface area contributed by atoms with E-state index >= 15 is 0 Å². The number of nitrogens with zero attached hydrogens (tertiary/aromatic N) is 2. The number of hydroxylamine groups is 2. The topological polar surface area (TPSA) is 42.0 Å². The average molecular weight is 284 g/mol. The standard InChI is InChI=1S/C15H28N2O3/c1-12(2)14(18)7-20-17-10-15(11-17)8-16(9-15)5-6-19-13(3)4/h12-13H,5-11H2,1-4H3. The fourth-order valence-corrected chi connectivity index (χ4v) is 2.79. The van der Waals surface area contributed by atoms with Crippen LogP contribution >= 0.6 is 0 Å². The summed E-state index contributed by atoms with van der Waals surface area (Å²) < 4.78 is 5.56. The van der Waals surface area contributed by atoms with Crippen molar-refractivity contribution < 1.29 is 14.4 Å². The summed E-state index contributed by atoms with van der Waals surface area (Å²) in [5, 5.41) is 1.93. The summed E-state index contributed by atoms with van der Waals surface area (Å²) in [7, 11) is 0. The van der Waals surface area contributed by atoms with Gasteiger partial charge >= 0.3 is 0 Å². The molecule has 2 rings (SSSR count). The summed E-state index contributed by atoms with van der Waals surface area (Å²) in [5.41, 5.74) is 0.415. The summed E-state index contributed by atoms with van der Waals surface area (Å²) in [6, 6.07) is 0. The van der Waals surface area contributed by atoms with Gasteiger partial charge < -0.3 is 4.74 Å². The molecule has 0 N–H and O–H groups in total. The Morgan fingerprint density at radius 1 is 1.15 bits per heavy atom. The normalized spacial score (nSPS) is 22.3. The molecule has 0 aromatic rings. The summed E-state index contributed by atoms with van der Waals surface area (Å²) in [6.07, 6.45) is 0.316. The van der Waals surface area contributed by atoms with Crippen molar-refractivity contribution in [2.24, 2.45) is 11.3 Å². The van der Waals surface area contributed by atoms with Gasteiger partial charge in [-0.1, -0.05) is 13.8 Å². The zero-order valence-corrected chi connectivity index (χ0v) is 13.2. The first kappa shape index (κ1) is 15.9. The van der Waals surface area contributed by atoms with E-state index in [1.54, 1.807) is 0 Å². The van der Waals surface area contributed by atoms with Gasteiger partial charge in [0.25, 0.3) is 0 Å². The first-order valence-corrected chi connectivity index (χ1v) is 7.65. The van der Waals surface area contributed by atoms with Gasteiger partial charge in [0.2, 0.25) is 0 Å². The van der Waals surface area contributed by atoms with E-state index in [0.717, 1.165) is 39.3 Å². The Morgan fingerprint density at radius 3 is 2.35 bits per heavy atom. The molecular weight excluding hydrogens is 256 g/mol. The number of carbonyl (C=O) groups excluding carboxylic acids is 1. The average Bonchev–Trinajstić information content (AvgIpc) is 2.27. The lowest BCUT2D eigenvalue weighted by molar-refractivity contribution is -0.275. The molecule has 0 saturated carbocycles. The molecule has 0 aliphatic carbocycles. The van der Waals surface area contributed by atoms with Crippen LogP contribution in [-0.2, 0) is 14.4 Å². The van der Waals surface area contributed by atoms with Crippen LogP contribution in [0.15, 0.2) is 0 Å². The maximum atomic E-state index is 11.5. The van der Waals surface area contributed by atoms with Gasteiger partial charge in [-0.05, 0) is 13.8 Å². The van der Waals surface area contributed by atoms with Crippen LogP contribution in [0.25, 0.3) is 0 Å². The molecular formula is C15H28N2O3. The summed E-state index contributed by atoms with van der Waals surface area (Å²) in [4.78, 5) is 19.4. The Labute approximate surface area is 122 Å². The molecule has 0 aromatic heterocycles. The van der Waals surface area contributed by atoms with Gasteiger partial charge in [-0.15, -0.1) is 0 Å². The van der Waals surface area contributed by atoms with Crippen molar-refractivity contribution in [3.05, 3.63) is 0 Å². The lowest BCUT2D eigenvalue weighted by atomic mass is 9.74. The highest BCUT2D eigenvalue weighted by Crippen LogP contribution is 2.39. The van der Waals surface area contributed by atoms with Gasteiger partial charge in [-0.25, -0.2) is 0 Å². The Balaban J connectivity index is 1.53. The minimum atomic E-state index is 0.0605. The highest BCUT2D eigenvalue weighted by molar-refractivity contribution is 5.81. The molecule has 2 aliphatic heterocycles. The minimum absolute atomic E-state index is 0.0605. The van der Waals surface area contributed by atoms with Crippen molar-refractivity contribution in [3.63, 3.8) is 0 Å². The monoisotopic (exact) mass is 284 g/mol. The largest absolute Gasteiger partial charge is 0.377 e. The first-order valence-electron chi connectivity index (χ1n) is 7.65. The van der Waals surface area contributed by atoms with Gasteiger partial charge in [0.05, 0.1) is 12.7 Å². The van der Waals surface area contributed by atoms with Crippen LogP contribution in [0.1, 0.15) is 27.7 Å². The predicted molar refractivity (Wildman–Crippen MR) is 77.3 cm³/mol. The van der Waals surface area contributed by atoms with E-state index in [1.807, 2.05) is 18.9 Å². The molecule has 5 heteroatoms. The van der Waals surface area contributed by atoms with Crippen molar-refractivity contribution in [3.8, 4) is 0 Å². The van der Waals surface area contributed by atoms with Crippen molar-refractivity contribution in [2.75, 3.05) is 45.9 Å². The van der Waals surface area contributed by atoms with Gasteiger partial charge in [0.15, 0.2) is 5.78 Å². The van der Waals surface area contributed by atoms with Gasteiger partial charge in [-0.2, -0.15) is 5.06 Å². The number of Topliss-reactive ketones (excluding diaryl/α,β-unsaturated/α-hetero) is 1. The molecule has 1 spiro atoms. The lowest BCUT2D eigenvalue weighted by Crippen LogP contribution is -2.72. The third-order valence-corrected chi connectivity index (χ3v) is 4.03. The van der Waals surface area contributed by atoms with Crippen LogP contribution < -0.4 is 0 Å². The minimum Gasteiger partial charge on any atom is -0.377 e. The van der Waals surface area contributed by atoms with Crippen LogP contribution in [-0.4, -0.2) is 67.8 Å². The molecule has 20 heavy (non-hydrogen) atoms. The molecule has 5 nitrogen and oxygen atoms in total. The maximum absolute atomic E-state index is 11.5. The van der Waals surface area contributed by atoms with E-state index in [1.165, 1.54) is 0 Å². The van der Waals surface area contributed by atoms with Crippen molar-refractivity contribution in [1.29, 1.82) is 0 Å². The molecule has 0 radical (unpaired) electrons. The summed E-state index contributed by atoms with van der Waals surface area (Å²) in [5.74, 6) is 0.234. The quantitative estimate of drug-likeness (QED) is 0.670. The van der Waals surface area contributed by atoms with Crippen LogP contribution in [0, 0.1) is 11.3 Å². The number of hydrogen-bond acceptors (Lipinski definition) is 5. The third kappa shape index (κ3) is 4.01. The smallest absolute Gasteiger partial charge is 0.163 e. The SMILES string of the molecule is CC(C)OCCN1CC2(C1)CN(OCC(=O)C(C)C)C2. The molecule has 0 atom stereocenters. The first-order chi connectivity index (χ1) is 9.40. The van der Waals surface area contributed by atoms with Crippen LogP contribution in [0.2, 0.25) is 0 Å². The van der Waals surface area contributed by atoms with Crippen molar-refractivity contribution >= 4 is 5.78 Å². The molecule has 0 bridgehead atoms. The number of carbonyl (C=O) groups is 1. The summed E-state index contributed by atoms with van der Waals surface area (Å²) in [6.45, 7) is 14.2. The second-order valence-corrected chi connectivity index (χ2v) is 6.82. The highest BCUT2D eigenvalue weighted by Gasteiger charge is 2.52. The maximum Gasteiger partial charge on any atom is 0.163 e. The van der Waals surface area contributed by atoms with E-state index in [4.69, 9.17) is 9.57 Å². The van der Waals surface area contributed by atoms with E-state index in [2.05, 4.69) is 18.7 Å². The Morgan fingerprint density at radius 2 is 1.80 bits per heavy atom. The van der Waals surface area contributed by atoms with Gasteiger partial charge in [0, 0.05) is 44.1 Å². The van der Waals surface area contributed by atoms with Crippen molar-refractivity contribution in [1.82, 2.24) is 9.96 Å². The Bertz CT molecular complexity index is 330. The molecule has 116 valence electrons. The molecule has 0 unspecified atom stereocenters. The zero-order chi connectivity index (χ0) is 14.8. The molecule has 2 fully saturated rings. The molecule has 2 heterocycles. The number of ketones is 1. The highest BCUT2D eigenvalue weighted by atomic mass is 16.7. The van der Waals surface area contributed by atoms with Crippen molar-refractivity contribution in [2.45, 2.75) is 33.8 Å². The molecule has 2 aliphatic rings. The lowest BCUT2D eigenvalue weighted by Gasteiger charge is -2.59. The van der Waals surface area contributed by atoms with Crippen LogP contribution in [0.5, 0.6) is 0 Å². The third-order valence-electron chi connectivity index (χ3n) is 4.03. The van der Waals surface area contributed by atoms with E-state index in [9.17, 15) is 4.79 Å². The number of ether oxygens (including phenoxy) is 1. The number of likely N-dealkylation sites (tertiary alicyclic amines) is 1. The second kappa shape index (κ2) is 6.52. The van der Waals surface area contributed by atoms with Gasteiger partial charge in [-0.3, -0.25) is 14.5 Å². The molecule has 2 saturated heterocycles. The Hall–Kier alpha value is -0.490.